The highest BCUT2D eigenvalue weighted by Crippen LogP contribution is 2.23. The third kappa shape index (κ3) is 2.80. The van der Waals surface area contributed by atoms with Crippen LogP contribution in [0.2, 0.25) is 0 Å². The number of carboxylic acids is 1. The number of aliphatic carboxylic acids is 1. The predicted molar refractivity (Wildman–Crippen MR) is 34.3 cm³/mol. The molecule has 0 aliphatic rings. The van der Waals surface area contributed by atoms with E-state index in [-0.39, 0.29) is 6.42 Å². The average Bonchev–Trinajstić information content (AvgIpc) is 1.60. The van der Waals surface area contributed by atoms with Crippen LogP contribution in [0, 0.1) is 5.41 Å². The Morgan fingerprint density at radius 2 is 1.90 bits per heavy atom. The van der Waals surface area contributed by atoms with Crippen molar-refractivity contribution in [3.8, 4) is 0 Å². The van der Waals surface area contributed by atoms with Crippen LogP contribution in [-0.2, 0) is 4.79 Å². The summed E-state index contributed by atoms with van der Waals surface area (Å²) < 4.78 is 0. The van der Waals surface area contributed by atoms with Gasteiger partial charge in [-0.25, -0.2) is 0 Å². The van der Waals surface area contributed by atoms with Crippen molar-refractivity contribution in [2.75, 3.05) is 0 Å². The van der Waals surface area contributed by atoms with Crippen molar-refractivity contribution in [1.29, 1.82) is 0 Å². The van der Waals surface area contributed by atoms with Crippen LogP contribution in [0.3, 0.4) is 0 Å². The second-order valence-corrected chi connectivity index (χ2v) is 2.93. The van der Waals surface area contributed by atoms with Gasteiger partial charge in [0.1, 0.15) is 0 Å². The molecule has 0 unspecified atom stereocenters. The Bertz CT molecular complexity index is 128. The van der Waals surface area contributed by atoms with Gasteiger partial charge in [0.15, 0.2) is 6.29 Å². The lowest BCUT2D eigenvalue weighted by atomic mass is 9.89. The summed E-state index contributed by atoms with van der Waals surface area (Å²) >= 11 is 0. The van der Waals surface area contributed by atoms with Gasteiger partial charge in [0, 0.05) is 5.41 Å². The van der Waals surface area contributed by atoms with Crippen molar-refractivity contribution in [3.63, 3.8) is 0 Å². The van der Waals surface area contributed by atoms with Crippen molar-refractivity contribution in [3.05, 3.63) is 0 Å². The van der Waals surface area contributed by atoms with Crippen molar-refractivity contribution in [2.24, 2.45) is 5.41 Å². The number of carbonyl (C=O) groups is 1. The molecule has 0 spiro atoms. The van der Waals surface area contributed by atoms with Gasteiger partial charge >= 0.3 is 5.97 Å². The van der Waals surface area contributed by atoms with Crippen molar-refractivity contribution in [1.82, 2.24) is 0 Å². The van der Waals surface area contributed by atoms with Gasteiger partial charge < -0.3 is 15.3 Å². The van der Waals surface area contributed by atoms with Crippen molar-refractivity contribution >= 4 is 5.97 Å². The van der Waals surface area contributed by atoms with Crippen LogP contribution in [0.25, 0.3) is 0 Å². The lowest BCUT2D eigenvalue weighted by Crippen LogP contribution is -2.31. The van der Waals surface area contributed by atoms with E-state index >= 15 is 0 Å². The van der Waals surface area contributed by atoms with Crippen LogP contribution in [-0.4, -0.2) is 27.6 Å². The summed E-state index contributed by atoms with van der Waals surface area (Å²) in [6, 6.07) is 0. The molecule has 4 heteroatoms. The first-order chi connectivity index (χ1) is 4.36. The molecule has 0 aliphatic carbocycles. The van der Waals surface area contributed by atoms with E-state index in [2.05, 4.69) is 0 Å². The highest BCUT2D eigenvalue weighted by Gasteiger charge is 2.28. The number of rotatable bonds is 3. The molecular formula is C6H12O4. The highest BCUT2D eigenvalue weighted by molar-refractivity contribution is 5.67. The van der Waals surface area contributed by atoms with Crippen molar-refractivity contribution < 1.29 is 20.1 Å². The Labute approximate surface area is 59.1 Å². The quantitative estimate of drug-likeness (QED) is 0.484. The fraction of sp³-hybridized carbons (Fsp3) is 0.833. The van der Waals surface area contributed by atoms with Gasteiger partial charge in [0.25, 0.3) is 0 Å². The standard InChI is InChI=1S/C6H12O4/c1-6(2,5(9)10)3-4(7)8/h5,9-10H,3H2,1-2H3,(H,7,8). The fourth-order valence-corrected chi connectivity index (χ4v) is 0.481. The summed E-state index contributed by atoms with van der Waals surface area (Å²) in [7, 11) is 0. The molecule has 0 bridgehead atoms. The van der Waals surface area contributed by atoms with E-state index in [0.29, 0.717) is 0 Å². The Morgan fingerprint density at radius 3 is 2.00 bits per heavy atom. The Hall–Kier alpha value is -0.610. The van der Waals surface area contributed by atoms with Crippen LogP contribution < -0.4 is 0 Å². The highest BCUT2D eigenvalue weighted by atomic mass is 16.5. The molecule has 0 aromatic carbocycles. The number of hydrogen-bond donors (Lipinski definition) is 3. The summed E-state index contributed by atoms with van der Waals surface area (Å²) in [6.45, 7) is 2.96. The van der Waals surface area contributed by atoms with E-state index in [1.807, 2.05) is 0 Å². The Balaban J connectivity index is 3.99. The zero-order valence-electron chi connectivity index (χ0n) is 6.03. The van der Waals surface area contributed by atoms with E-state index < -0.39 is 17.7 Å². The van der Waals surface area contributed by atoms with Gasteiger partial charge in [-0.1, -0.05) is 13.8 Å². The monoisotopic (exact) mass is 148 g/mol. The van der Waals surface area contributed by atoms with Gasteiger partial charge in [0.2, 0.25) is 0 Å². The molecule has 60 valence electrons. The summed E-state index contributed by atoms with van der Waals surface area (Å²) in [6.07, 6.45) is -1.83. The van der Waals surface area contributed by atoms with Crippen LogP contribution in [0.4, 0.5) is 0 Å². The fourth-order valence-electron chi connectivity index (χ4n) is 0.481. The van der Waals surface area contributed by atoms with Gasteiger partial charge in [-0.2, -0.15) is 0 Å². The maximum absolute atomic E-state index is 10.1. The Kier molecular flexibility index (Phi) is 2.80. The minimum atomic E-state index is -1.58. The van der Waals surface area contributed by atoms with E-state index in [0.717, 1.165) is 0 Å². The van der Waals surface area contributed by atoms with E-state index in [1.54, 1.807) is 0 Å². The second-order valence-electron chi connectivity index (χ2n) is 2.93. The first-order valence-electron chi connectivity index (χ1n) is 2.94. The molecule has 0 heterocycles. The molecule has 10 heavy (non-hydrogen) atoms. The Morgan fingerprint density at radius 1 is 1.50 bits per heavy atom. The summed E-state index contributed by atoms with van der Waals surface area (Å²) in [5.41, 5.74) is -0.966. The second kappa shape index (κ2) is 2.98. The molecule has 0 aromatic rings. The molecule has 0 saturated heterocycles. The van der Waals surface area contributed by atoms with E-state index in [1.165, 1.54) is 13.8 Å². The lowest BCUT2D eigenvalue weighted by molar-refractivity contribution is -0.154. The first-order valence-corrected chi connectivity index (χ1v) is 2.94. The predicted octanol–water partition coefficient (Wildman–Crippen LogP) is -0.202. The molecule has 4 nitrogen and oxygen atoms in total. The molecule has 3 N–H and O–H groups in total. The van der Waals surface area contributed by atoms with E-state index in [9.17, 15) is 4.79 Å². The molecular weight excluding hydrogens is 136 g/mol. The molecule has 0 radical (unpaired) electrons. The summed E-state index contributed by atoms with van der Waals surface area (Å²) in [5, 5.41) is 25.5. The molecule has 0 rings (SSSR count). The largest absolute Gasteiger partial charge is 0.481 e. The maximum Gasteiger partial charge on any atom is 0.304 e. The smallest absolute Gasteiger partial charge is 0.304 e. The maximum atomic E-state index is 10.1. The third-order valence-electron chi connectivity index (χ3n) is 1.31. The van der Waals surface area contributed by atoms with Crippen LogP contribution in [0.1, 0.15) is 20.3 Å². The van der Waals surface area contributed by atoms with E-state index in [4.69, 9.17) is 15.3 Å². The SMILES string of the molecule is CC(C)(CC(=O)O)C(O)O. The molecule has 0 aromatic heterocycles. The van der Waals surface area contributed by atoms with Crippen LogP contribution in [0.15, 0.2) is 0 Å². The lowest BCUT2D eigenvalue weighted by Gasteiger charge is -2.23. The zero-order chi connectivity index (χ0) is 8.36. The molecule has 0 saturated carbocycles. The molecule has 0 fully saturated rings. The number of aliphatic hydroxyl groups is 2. The third-order valence-corrected chi connectivity index (χ3v) is 1.31. The zero-order valence-corrected chi connectivity index (χ0v) is 6.03. The van der Waals surface area contributed by atoms with Crippen molar-refractivity contribution in [2.45, 2.75) is 26.6 Å². The number of carboxylic acid groups (broad SMARTS) is 1. The van der Waals surface area contributed by atoms with Crippen LogP contribution >= 0.6 is 0 Å². The van der Waals surface area contributed by atoms with Crippen LogP contribution in [0.5, 0.6) is 0 Å². The molecule has 0 aliphatic heterocycles. The summed E-state index contributed by atoms with van der Waals surface area (Å²) in [5.74, 6) is -1.03. The van der Waals surface area contributed by atoms with Gasteiger partial charge in [-0.15, -0.1) is 0 Å². The van der Waals surface area contributed by atoms with Gasteiger partial charge in [-0.3, -0.25) is 4.79 Å². The number of hydrogen-bond acceptors (Lipinski definition) is 3. The molecule has 0 atom stereocenters. The topological polar surface area (TPSA) is 77.8 Å². The normalized spacial score (nSPS) is 12.1. The minimum absolute atomic E-state index is 0.245. The minimum Gasteiger partial charge on any atom is -0.481 e. The van der Waals surface area contributed by atoms with Gasteiger partial charge in [-0.05, 0) is 0 Å². The average molecular weight is 148 g/mol. The number of aliphatic hydroxyl groups excluding tert-OH is 1. The summed E-state index contributed by atoms with van der Waals surface area (Å²) in [4.78, 5) is 10.1. The molecule has 0 amide bonds. The van der Waals surface area contributed by atoms with Gasteiger partial charge in [0.05, 0.1) is 6.42 Å². The first kappa shape index (κ1) is 9.39.